The molecule has 0 aliphatic heterocycles. The molecular formula is C18H23NO3S. The molecule has 0 bridgehead atoms. The van der Waals surface area contributed by atoms with Gasteiger partial charge in [-0.15, -0.1) is 0 Å². The molecule has 5 heteroatoms. The van der Waals surface area contributed by atoms with E-state index in [1.807, 2.05) is 44.2 Å². The molecule has 0 saturated heterocycles. The van der Waals surface area contributed by atoms with Crippen LogP contribution in [-0.4, -0.2) is 26.2 Å². The summed E-state index contributed by atoms with van der Waals surface area (Å²) in [6.45, 7) is 3.81. The van der Waals surface area contributed by atoms with Crippen molar-refractivity contribution in [2.75, 3.05) is 6.61 Å². The standard InChI is InChI=1S/C18H23NO3S/c1-14-8-10-17(11-9-14)23(21,22)19-18(12-13-20)15(2)16-6-4-3-5-7-16/h3-11,15,18-20H,12-13H2,1-2H3. The lowest BCUT2D eigenvalue weighted by atomic mass is 9.92. The molecule has 0 radical (unpaired) electrons. The van der Waals surface area contributed by atoms with Gasteiger partial charge in [0, 0.05) is 12.6 Å². The van der Waals surface area contributed by atoms with Crippen LogP contribution in [0.25, 0.3) is 0 Å². The predicted octanol–water partition coefficient (Wildman–Crippen LogP) is 2.83. The van der Waals surface area contributed by atoms with Gasteiger partial charge in [-0.3, -0.25) is 0 Å². The van der Waals surface area contributed by atoms with Gasteiger partial charge in [0.15, 0.2) is 0 Å². The van der Waals surface area contributed by atoms with Gasteiger partial charge in [-0.2, -0.15) is 0 Å². The Balaban J connectivity index is 2.23. The Morgan fingerprint density at radius 1 is 1.04 bits per heavy atom. The van der Waals surface area contributed by atoms with Crippen LogP contribution in [0.3, 0.4) is 0 Å². The fraction of sp³-hybridized carbons (Fsp3) is 0.333. The number of hydrogen-bond donors (Lipinski definition) is 2. The molecule has 2 aromatic carbocycles. The van der Waals surface area contributed by atoms with Crippen LogP contribution in [0.15, 0.2) is 59.5 Å². The lowest BCUT2D eigenvalue weighted by Crippen LogP contribution is -2.39. The van der Waals surface area contributed by atoms with Crippen LogP contribution in [0.4, 0.5) is 0 Å². The molecule has 0 amide bonds. The Kier molecular flexibility index (Phi) is 5.93. The number of hydrogen-bond acceptors (Lipinski definition) is 3. The van der Waals surface area contributed by atoms with E-state index in [4.69, 9.17) is 0 Å². The first-order valence-corrected chi connectivity index (χ1v) is 9.17. The monoisotopic (exact) mass is 333 g/mol. The Morgan fingerprint density at radius 3 is 2.22 bits per heavy atom. The summed E-state index contributed by atoms with van der Waals surface area (Å²) in [4.78, 5) is 0.242. The van der Waals surface area contributed by atoms with Gasteiger partial charge in [0.05, 0.1) is 4.90 Å². The smallest absolute Gasteiger partial charge is 0.240 e. The third-order valence-electron chi connectivity index (χ3n) is 4.01. The van der Waals surface area contributed by atoms with Gasteiger partial charge in [-0.25, -0.2) is 13.1 Å². The Labute approximate surface area is 138 Å². The summed E-state index contributed by atoms with van der Waals surface area (Å²) in [5.41, 5.74) is 2.05. The first-order valence-electron chi connectivity index (χ1n) is 7.69. The van der Waals surface area contributed by atoms with Crippen LogP contribution in [-0.2, 0) is 10.0 Å². The Hall–Kier alpha value is -1.69. The van der Waals surface area contributed by atoms with E-state index in [0.29, 0.717) is 6.42 Å². The summed E-state index contributed by atoms with van der Waals surface area (Å²) in [6.07, 6.45) is 0.362. The molecule has 2 aromatic rings. The van der Waals surface area contributed by atoms with E-state index in [9.17, 15) is 13.5 Å². The van der Waals surface area contributed by atoms with Crippen LogP contribution in [0, 0.1) is 6.92 Å². The first-order chi connectivity index (χ1) is 10.9. The van der Waals surface area contributed by atoms with Gasteiger partial charge >= 0.3 is 0 Å². The van der Waals surface area contributed by atoms with Crippen LogP contribution in [0.2, 0.25) is 0 Å². The topological polar surface area (TPSA) is 66.4 Å². The van der Waals surface area contributed by atoms with Crippen LogP contribution in [0.5, 0.6) is 0 Å². The number of rotatable bonds is 7. The van der Waals surface area contributed by atoms with E-state index in [1.165, 1.54) is 0 Å². The quantitative estimate of drug-likeness (QED) is 0.819. The van der Waals surface area contributed by atoms with Crippen molar-refractivity contribution >= 4 is 10.0 Å². The molecule has 0 aliphatic rings. The van der Waals surface area contributed by atoms with Gasteiger partial charge in [0.1, 0.15) is 0 Å². The summed E-state index contributed by atoms with van der Waals surface area (Å²) in [7, 11) is -3.61. The number of sulfonamides is 1. The largest absolute Gasteiger partial charge is 0.396 e. The van der Waals surface area contributed by atoms with Crippen molar-refractivity contribution in [3.63, 3.8) is 0 Å². The first kappa shape index (κ1) is 17.7. The maximum absolute atomic E-state index is 12.6. The molecule has 0 fully saturated rings. The second-order valence-corrected chi connectivity index (χ2v) is 7.47. The van der Waals surface area contributed by atoms with Gasteiger partial charge in [0.2, 0.25) is 10.0 Å². The van der Waals surface area contributed by atoms with E-state index in [-0.39, 0.29) is 23.5 Å². The van der Waals surface area contributed by atoms with Crippen molar-refractivity contribution in [2.45, 2.75) is 37.1 Å². The highest BCUT2D eigenvalue weighted by Crippen LogP contribution is 2.23. The molecule has 0 aliphatic carbocycles. The molecule has 2 N–H and O–H groups in total. The maximum atomic E-state index is 12.6. The van der Waals surface area contributed by atoms with Crippen LogP contribution < -0.4 is 4.72 Å². The van der Waals surface area contributed by atoms with E-state index in [2.05, 4.69) is 4.72 Å². The van der Waals surface area contributed by atoms with Crippen molar-refractivity contribution < 1.29 is 13.5 Å². The molecule has 0 heterocycles. The van der Waals surface area contributed by atoms with Crippen molar-refractivity contribution in [3.05, 3.63) is 65.7 Å². The molecule has 0 saturated carbocycles. The van der Waals surface area contributed by atoms with Crippen molar-refractivity contribution in [3.8, 4) is 0 Å². The Morgan fingerprint density at radius 2 is 1.65 bits per heavy atom. The SMILES string of the molecule is Cc1ccc(S(=O)(=O)NC(CCO)C(C)c2ccccc2)cc1. The molecule has 2 unspecified atom stereocenters. The highest BCUT2D eigenvalue weighted by molar-refractivity contribution is 7.89. The van der Waals surface area contributed by atoms with Crippen molar-refractivity contribution in [2.24, 2.45) is 0 Å². The van der Waals surface area contributed by atoms with Gasteiger partial charge in [-0.05, 0) is 37.0 Å². The third kappa shape index (κ3) is 4.64. The zero-order chi connectivity index (χ0) is 16.9. The predicted molar refractivity (Wildman–Crippen MR) is 91.8 cm³/mol. The summed E-state index contributed by atoms with van der Waals surface area (Å²) in [6, 6.07) is 16.1. The lowest BCUT2D eigenvalue weighted by Gasteiger charge is -2.25. The lowest BCUT2D eigenvalue weighted by molar-refractivity contribution is 0.264. The van der Waals surface area contributed by atoms with Gasteiger partial charge < -0.3 is 5.11 Å². The molecular weight excluding hydrogens is 310 g/mol. The average Bonchev–Trinajstić information content (AvgIpc) is 2.55. The third-order valence-corrected chi connectivity index (χ3v) is 5.51. The minimum Gasteiger partial charge on any atom is -0.396 e. The highest BCUT2D eigenvalue weighted by atomic mass is 32.2. The van der Waals surface area contributed by atoms with E-state index < -0.39 is 10.0 Å². The fourth-order valence-corrected chi connectivity index (χ4v) is 3.87. The Bertz CT molecular complexity index is 712. The minimum atomic E-state index is -3.61. The van der Waals surface area contributed by atoms with Gasteiger partial charge in [0.25, 0.3) is 0 Å². The second-order valence-electron chi connectivity index (χ2n) is 5.75. The summed E-state index contributed by atoms with van der Waals surface area (Å²) >= 11 is 0. The summed E-state index contributed by atoms with van der Waals surface area (Å²) in [5, 5.41) is 9.30. The molecule has 4 nitrogen and oxygen atoms in total. The minimum absolute atomic E-state index is 0.0384. The van der Waals surface area contributed by atoms with E-state index in [0.717, 1.165) is 11.1 Å². The fourth-order valence-electron chi connectivity index (χ4n) is 2.52. The molecule has 23 heavy (non-hydrogen) atoms. The number of benzene rings is 2. The van der Waals surface area contributed by atoms with Crippen LogP contribution >= 0.6 is 0 Å². The van der Waals surface area contributed by atoms with Gasteiger partial charge in [-0.1, -0.05) is 55.0 Å². The highest BCUT2D eigenvalue weighted by Gasteiger charge is 2.25. The van der Waals surface area contributed by atoms with Crippen LogP contribution in [0.1, 0.15) is 30.4 Å². The molecule has 0 aromatic heterocycles. The molecule has 2 rings (SSSR count). The zero-order valence-electron chi connectivity index (χ0n) is 13.4. The normalized spacial score (nSPS) is 14.4. The van der Waals surface area contributed by atoms with Crippen molar-refractivity contribution in [1.29, 1.82) is 0 Å². The second kappa shape index (κ2) is 7.73. The zero-order valence-corrected chi connectivity index (χ0v) is 14.3. The number of aliphatic hydroxyl groups excluding tert-OH is 1. The molecule has 124 valence electrons. The maximum Gasteiger partial charge on any atom is 0.240 e. The van der Waals surface area contributed by atoms with E-state index in [1.54, 1.807) is 24.3 Å². The summed E-state index contributed by atoms with van der Waals surface area (Å²) in [5.74, 6) is -0.0384. The van der Waals surface area contributed by atoms with Crippen molar-refractivity contribution in [1.82, 2.24) is 4.72 Å². The van der Waals surface area contributed by atoms with E-state index >= 15 is 0 Å². The number of aryl methyl sites for hydroxylation is 1. The average molecular weight is 333 g/mol. The molecule has 2 atom stereocenters. The molecule has 0 spiro atoms. The number of aliphatic hydroxyl groups is 1. The number of nitrogens with one attached hydrogen (secondary N) is 1. The summed E-state index contributed by atoms with van der Waals surface area (Å²) < 4.78 is 27.9.